The summed E-state index contributed by atoms with van der Waals surface area (Å²) in [5.41, 5.74) is 1.71. The highest BCUT2D eigenvalue weighted by Gasteiger charge is 2.22. The first kappa shape index (κ1) is 17.6. The van der Waals surface area contributed by atoms with Crippen LogP contribution in [-0.2, 0) is 6.42 Å². The standard InChI is InChI=1S/C22H30N2O2/c25-22-19(8-3-1-2-6-16-10-11-16)21(26-17-12-14-23-15-13-17)18-7-4-5-9-20(18)24-22/h4-5,7,9,16-17,23H,1-3,6,8,10-15H2,(H,24,25). The monoisotopic (exact) mass is 354 g/mol. The number of nitrogens with one attached hydrogen (secondary N) is 1. The molecule has 4 rings (SSSR count). The van der Waals surface area contributed by atoms with Crippen LogP contribution in [0.4, 0.5) is 0 Å². The molecule has 1 aromatic heterocycles. The number of pyridine rings is 1. The Morgan fingerprint density at radius 2 is 1.85 bits per heavy atom. The Balaban J connectivity index is 1.52. The zero-order valence-corrected chi connectivity index (χ0v) is 15.5. The van der Waals surface area contributed by atoms with Crippen LogP contribution in [-0.4, -0.2) is 29.3 Å². The predicted molar refractivity (Wildman–Crippen MR) is 105 cm³/mol. The average Bonchev–Trinajstić information content (AvgIpc) is 3.48. The van der Waals surface area contributed by atoms with Gasteiger partial charge in [0.05, 0.1) is 11.1 Å². The van der Waals surface area contributed by atoms with Gasteiger partial charge < -0.3 is 15.2 Å². The van der Waals surface area contributed by atoms with E-state index in [9.17, 15) is 5.11 Å². The van der Waals surface area contributed by atoms with E-state index in [0.717, 1.165) is 66.9 Å². The maximum absolute atomic E-state index is 10.6. The van der Waals surface area contributed by atoms with Crippen molar-refractivity contribution in [3.05, 3.63) is 29.8 Å². The van der Waals surface area contributed by atoms with Gasteiger partial charge in [-0.2, -0.15) is 0 Å². The van der Waals surface area contributed by atoms with E-state index in [1.54, 1.807) is 0 Å². The molecule has 1 aliphatic carbocycles. The van der Waals surface area contributed by atoms with Crippen LogP contribution in [0.15, 0.2) is 24.3 Å². The van der Waals surface area contributed by atoms with Gasteiger partial charge in [0.25, 0.3) is 0 Å². The Bertz CT molecular complexity index is 736. The molecule has 4 heteroatoms. The maximum Gasteiger partial charge on any atom is 0.218 e. The number of nitrogens with zero attached hydrogens (tertiary/aromatic N) is 1. The van der Waals surface area contributed by atoms with Crippen molar-refractivity contribution in [2.75, 3.05) is 13.1 Å². The highest BCUT2D eigenvalue weighted by atomic mass is 16.5. The number of aromatic nitrogens is 1. The minimum Gasteiger partial charge on any atom is -0.493 e. The Kier molecular flexibility index (Phi) is 5.59. The van der Waals surface area contributed by atoms with Crippen molar-refractivity contribution in [2.45, 2.75) is 63.9 Å². The summed E-state index contributed by atoms with van der Waals surface area (Å²) in [5, 5.41) is 15.0. The van der Waals surface area contributed by atoms with Crippen molar-refractivity contribution in [3.63, 3.8) is 0 Å². The summed E-state index contributed by atoms with van der Waals surface area (Å²) in [5.74, 6) is 2.02. The van der Waals surface area contributed by atoms with Gasteiger partial charge in [-0.3, -0.25) is 0 Å². The number of piperidine rings is 1. The molecule has 2 heterocycles. The van der Waals surface area contributed by atoms with Gasteiger partial charge >= 0.3 is 0 Å². The minimum atomic E-state index is 0.148. The molecule has 0 unspecified atom stereocenters. The highest BCUT2D eigenvalue weighted by Crippen LogP contribution is 2.37. The molecule has 2 N–H and O–H groups in total. The summed E-state index contributed by atoms with van der Waals surface area (Å²) in [4.78, 5) is 4.43. The Labute approximate surface area is 156 Å². The van der Waals surface area contributed by atoms with Crippen LogP contribution in [0, 0.1) is 5.92 Å². The normalized spacial score (nSPS) is 18.3. The lowest BCUT2D eigenvalue weighted by atomic mass is 10.0. The number of benzene rings is 1. The molecule has 2 aliphatic rings. The molecule has 2 aromatic rings. The molecule has 2 fully saturated rings. The molecule has 1 saturated heterocycles. The molecule has 0 spiro atoms. The second kappa shape index (κ2) is 8.26. The largest absolute Gasteiger partial charge is 0.493 e. The second-order valence-electron chi connectivity index (χ2n) is 7.87. The fraction of sp³-hybridized carbons (Fsp3) is 0.591. The number of rotatable bonds is 8. The van der Waals surface area contributed by atoms with E-state index < -0.39 is 0 Å². The van der Waals surface area contributed by atoms with Crippen molar-refractivity contribution < 1.29 is 9.84 Å². The van der Waals surface area contributed by atoms with E-state index in [1.807, 2.05) is 18.2 Å². The van der Waals surface area contributed by atoms with Crippen molar-refractivity contribution in [3.8, 4) is 11.6 Å². The molecule has 0 bridgehead atoms. The van der Waals surface area contributed by atoms with Crippen molar-refractivity contribution >= 4 is 10.9 Å². The minimum absolute atomic E-state index is 0.148. The van der Waals surface area contributed by atoms with Crippen LogP contribution in [0.5, 0.6) is 11.6 Å². The number of hydrogen-bond acceptors (Lipinski definition) is 4. The molecule has 26 heavy (non-hydrogen) atoms. The van der Waals surface area contributed by atoms with E-state index in [2.05, 4.69) is 16.4 Å². The average molecular weight is 354 g/mol. The van der Waals surface area contributed by atoms with Crippen LogP contribution >= 0.6 is 0 Å². The first-order valence-corrected chi connectivity index (χ1v) is 10.3. The Morgan fingerprint density at radius 3 is 2.65 bits per heavy atom. The van der Waals surface area contributed by atoms with Crippen LogP contribution in [0.25, 0.3) is 10.9 Å². The molecule has 0 amide bonds. The van der Waals surface area contributed by atoms with Gasteiger partial charge in [0.1, 0.15) is 11.9 Å². The first-order valence-electron chi connectivity index (χ1n) is 10.3. The third kappa shape index (κ3) is 4.29. The zero-order valence-electron chi connectivity index (χ0n) is 15.5. The van der Waals surface area contributed by atoms with Crippen LogP contribution in [0.2, 0.25) is 0 Å². The molecular formula is C22H30N2O2. The first-order chi connectivity index (χ1) is 12.8. The van der Waals surface area contributed by atoms with Gasteiger partial charge in [-0.15, -0.1) is 0 Å². The summed E-state index contributed by atoms with van der Waals surface area (Å²) in [7, 11) is 0. The van der Waals surface area contributed by atoms with Gasteiger partial charge in [0, 0.05) is 5.39 Å². The number of para-hydroxylation sites is 1. The maximum atomic E-state index is 10.6. The lowest BCUT2D eigenvalue weighted by molar-refractivity contribution is 0.162. The highest BCUT2D eigenvalue weighted by molar-refractivity contribution is 5.87. The topological polar surface area (TPSA) is 54.4 Å². The molecule has 1 aliphatic heterocycles. The summed E-state index contributed by atoms with van der Waals surface area (Å²) in [6, 6.07) is 7.99. The van der Waals surface area contributed by atoms with Gasteiger partial charge in [0.2, 0.25) is 5.88 Å². The van der Waals surface area contributed by atoms with Gasteiger partial charge in [-0.25, -0.2) is 4.98 Å². The van der Waals surface area contributed by atoms with Crippen LogP contribution in [0.1, 0.15) is 56.9 Å². The lowest BCUT2D eigenvalue weighted by Crippen LogP contribution is -2.34. The predicted octanol–water partition coefficient (Wildman–Crippen LogP) is 4.58. The van der Waals surface area contributed by atoms with Crippen molar-refractivity contribution in [2.24, 2.45) is 5.92 Å². The van der Waals surface area contributed by atoms with E-state index in [-0.39, 0.29) is 12.0 Å². The number of aromatic hydroxyl groups is 1. The zero-order chi connectivity index (χ0) is 17.8. The smallest absolute Gasteiger partial charge is 0.218 e. The molecule has 1 aromatic carbocycles. The number of fused-ring (bicyclic) bond motifs is 1. The Hall–Kier alpha value is -1.81. The van der Waals surface area contributed by atoms with Crippen molar-refractivity contribution in [1.29, 1.82) is 0 Å². The van der Waals surface area contributed by atoms with Gasteiger partial charge in [0.15, 0.2) is 0 Å². The SMILES string of the molecule is Oc1nc2ccccc2c(OC2CCNCC2)c1CCCCCC1CC1. The molecule has 0 atom stereocenters. The van der Waals surface area contributed by atoms with E-state index in [4.69, 9.17) is 4.74 Å². The summed E-state index contributed by atoms with van der Waals surface area (Å²) in [6.07, 6.45) is 10.9. The van der Waals surface area contributed by atoms with E-state index >= 15 is 0 Å². The lowest BCUT2D eigenvalue weighted by Gasteiger charge is -2.26. The Morgan fingerprint density at radius 1 is 1.04 bits per heavy atom. The number of ether oxygens (including phenoxy) is 1. The van der Waals surface area contributed by atoms with E-state index in [1.165, 1.54) is 32.1 Å². The molecular weight excluding hydrogens is 324 g/mol. The van der Waals surface area contributed by atoms with E-state index in [0.29, 0.717) is 0 Å². The summed E-state index contributed by atoms with van der Waals surface area (Å²) >= 11 is 0. The molecule has 0 radical (unpaired) electrons. The summed E-state index contributed by atoms with van der Waals surface area (Å²) in [6.45, 7) is 1.99. The van der Waals surface area contributed by atoms with Gasteiger partial charge in [-0.05, 0) is 56.8 Å². The quantitative estimate of drug-likeness (QED) is 0.681. The number of hydrogen-bond donors (Lipinski definition) is 2. The third-order valence-corrected chi connectivity index (χ3v) is 5.73. The number of unbranched alkanes of at least 4 members (excludes halogenated alkanes) is 2. The molecule has 1 saturated carbocycles. The fourth-order valence-corrected chi connectivity index (χ4v) is 3.97. The fourth-order valence-electron chi connectivity index (χ4n) is 3.97. The molecule has 140 valence electrons. The van der Waals surface area contributed by atoms with Gasteiger partial charge in [-0.1, -0.05) is 44.2 Å². The van der Waals surface area contributed by atoms with Crippen LogP contribution in [0.3, 0.4) is 0 Å². The second-order valence-corrected chi connectivity index (χ2v) is 7.87. The van der Waals surface area contributed by atoms with Crippen LogP contribution < -0.4 is 10.1 Å². The van der Waals surface area contributed by atoms with Crippen molar-refractivity contribution in [1.82, 2.24) is 10.3 Å². The third-order valence-electron chi connectivity index (χ3n) is 5.73. The summed E-state index contributed by atoms with van der Waals surface area (Å²) < 4.78 is 6.45. The molecule has 4 nitrogen and oxygen atoms in total.